The van der Waals surface area contributed by atoms with E-state index in [9.17, 15) is 22.6 Å². The number of hydrogen-bond donors (Lipinski definition) is 0. The molecule has 0 aliphatic heterocycles. The summed E-state index contributed by atoms with van der Waals surface area (Å²) in [7, 11) is -5.00. The average molecular weight is 471 g/mol. The molecule has 0 aliphatic carbocycles. The van der Waals surface area contributed by atoms with E-state index in [4.69, 9.17) is 9.47 Å². The number of carbonyl (C=O) groups excluding carboxylic acids is 2. The first-order valence-electron chi connectivity index (χ1n) is 11.2. The Balaban J connectivity index is 0. The fraction of sp³-hybridized carbons (Fsp3) is 0.818. The van der Waals surface area contributed by atoms with Crippen molar-refractivity contribution in [3.8, 4) is 0 Å². The van der Waals surface area contributed by atoms with Crippen LogP contribution in [0.5, 0.6) is 0 Å². The molecule has 1 unspecified atom stereocenters. The summed E-state index contributed by atoms with van der Waals surface area (Å²) in [5.74, 6) is -2.11. The molecule has 0 saturated heterocycles. The predicted molar refractivity (Wildman–Crippen MR) is 116 cm³/mol. The van der Waals surface area contributed by atoms with E-state index in [-0.39, 0.29) is 42.8 Å². The molecule has 0 rings (SSSR count). The number of carbonyl (C=O) groups is 2. The van der Waals surface area contributed by atoms with Crippen molar-refractivity contribution >= 4 is 22.1 Å². The van der Waals surface area contributed by atoms with Crippen LogP contribution in [0.1, 0.15) is 96.8 Å². The summed E-state index contributed by atoms with van der Waals surface area (Å²) in [4.78, 5) is 23.5. The zero-order valence-corrected chi connectivity index (χ0v) is 22.3. The third-order valence-electron chi connectivity index (χ3n) is 4.79. The predicted octanol–water partition coefficient (Wildman–Crippen LogP) is 1.66. The number of esters is 2. The Kier molecular flexibility index (Phi) is 22.7. The largest absolute Gasteiger partial charge is 1.00 e. The number of hydrogen-bond acceptors (Lipinski definition) is 7. The molecule has 0 saturated carbocycles. The third kappa shape index (κ3) is 20.0. The molecule has 0 fully saturated rings. The van der Waals surface area contributed by atoms with Crippen molar-refractivity contribution in [1.29, 1.82) is 0 Å². The van der Waals surface area contributed by atoms with Crippen molar-refractivity contribution in [2.75, 3.05) is 13.2 Å². The summed E-state index contributed by atoms with van der Waals surface area (Å²) in [5, 5.41) is -2.07. The van der Waals surface area contributed by atoms with E-state index >= 15 is 0 Å². The van der Waals surface area contributed by atoms with Crippen LogP contribution in [0.25, 0.3) is 0 Å². The molecule has 0 heterocycles. The van der Waals surface area contributed by atoms with Crippen LogP contribution in [0, 0.1) is 0 Å². The van der Waals surface area contributed by atoms with Crippen LogP contribution in [0.4, 0.5) is 0 Å². The first-order valence-corrected chi connectivity index (χ1v) is 12.7. The van der Waals surface area contributed by atoms with Gasteiger partial charge in [-0.1, -0.05) is 83.6 Å². The van der Waals surface area contributed by atoms with E-state index in [2.05, 4.69) is 13.5 Å². The van der Waals surface area contributed by atoms with Gasteiger partial charge in [-0.2, -0.15) is 0 Å². The number of ether oxygens (including phenoxy) is 2. The molecule has 0 aromatic heterocycles. The van der Waals surface area contributed by atoms with Crippen molar-refractivity contribution in [3.05, 3.63) is 12.7 Å². The summed E-state index contributed by atoms with van der Waals surface area (Å²) in [6.07, 6.45) is 15.1. The first kappa shape index (κ1) is 32.8. The molecule has 1 atom stereocenters. The molecule has 0 spiro atoms. The maximum atomic E-state index is 11.8. The van der Waals surface area contributed by atoms with E-state index in [1.54, 1.807) is 0 Å². The monoisotopic (exact) mass is 470 g/mol. The standard InChI is InChI=1S/C22H40O7S.Na/c1-3-5-7-8-9-10-11-12-13-14-15-16-18-28-21(23)19-20(30(25,26)27)22(24)29-17-6-4-2;/h4,20H,2-3,5-19H2,1H3,(H,25,26,27);/q;+1/p-1. The smallest absolute Gasteiger partial charge is 0.747 e. The van der Waals surface area contributed by atoms with Crippen molar-refractivity contribution in [2.24, 2.45) is 0 Å². The second-order valence-electron chi connectivity index (χ2n) is 7.54. The normalized spacial score (nSPS) is 11.9. The zero-order chi connectivity index (χ0) is 22.7. The van der Waals surface area contributed by atoms with Crippen LogP contribution in [-0.4, -0.2) is 43.4 Å². The van der Waals surface area contributed by atoms with Gasteiger partial charge in [0.05, 0.1) is 19.6 Å². The third-order valence-corrected chi connectivity index (χ3v) is 5.85. The molecule has 0 radical (unpaired) electrons. The summed E-state index contributed by atoms with van der Waals surface area (Å²) >= 11 is 0. The molecule has 9 heteroatoms. The topological polar surface area (TPSA) is 110 Å². The SMILES string of the molecule is C=CCCOC(=O)C(CC(=O)OCCCCCCCCCCCCCC)S(=O)(=O)[O-].[Na+]. The Hall–Kier alpha value is -0.410. The zero-order valence-electron chi connectivity index (χ0n) is 19.4. The second-order valence-corrected chi connectivity index (χ2v) is 9.09. The van der Waals surface area contributed by atoms with Crippen molar-refractivity contribution < 1.29 is 61.6 Å². The van der Waals surface area contributed by atoms with E-state index < -0.39 is 33.7 Å². The van der Waals surface area contributed by atoms with Crippen molar-refractivity contribution in [1.82, 2.24) is 0 Å². The van der Waals surface area contributed by atoms with E-state index in [0.717, 1.165) is 19.3 Å². The maximum absolute atomic E-state index is 11.8. The molecule has 0 amide bonds. The van der Waals surface area contributed by atoms with Gasteiger partial charge in [0.2, 0.25) is 0 Å². The molecule has 0 aromatic rings. The van der Waals surface area contributed by atoms with Crippen molar-refractivity contribution in [3.63, 3.8) is 0 Å². The van der Waals surface area contributed by atoms with Gasteiger partial charge in [-0.3, -0.25) is 9.59 Å². The Bertz CT molecular complexity index is 578. The molecule has 0 aromatic carbocycles. The Labute approximate surface area is 210 Å². The van der Waals surface area contributed by atoms with Crippen LogP contribution in [-0.2, 0) is 29.2 Å². The maximum Gasteiger partial charge on any atom is 1.00 e. The summed E-state index contributed by atoms with van der Waals surface area (Å²) in [6, 6.07) is 0. The molecule has 0 aliphatic rings. The van der Waals surface area contributed by atoms with Crippen LogP contribution < -0.4 is 29.6 Å². The average Bonchev–Trinajstić information content (AvgIpc) is 2.69. The van der Waals surface area contributed by atoms with Gasteiger partial charge >= 0.3 is 41.5 Å². The molecule has 0 bridgehead atoms. The molecule has 7 nitrogen and oxygen atoms in total. The quantitative estimate of drug-likeness (QED) is 0.0875. The minimum Gasteiger partial charge on any atom is -0.747 e. The minimum atomic E-state index is -5.00. The van der Waals surface area contributed by atoms with Gasteiger partial charge < -0.3 is 14.0 Å². The van der Waals surface area contributed by atoms with Gasteiger partial charge in [-0.05, 0) is 12.8 Å². The molecule has 0 N–H and O–H groups in total. The number of rotatable bonds is 20. The van der Waals surface area contributed by atoms with Gasteiger partial charge in [-0.15, -0.1) is 6.58 Å². The Morgan fingerprint density at radius 3 is 1.81 bits per heavy atom. The molecular weight excluding hydrogens is 431 g/mol. The van der Waals surface area contributed by atoms with Crippen LogP contribution >= 0.6 is 0 Å². The van der Waals surface area contributed by atoms with Gasteiger partial charge in [0.15, 0.2) is 5.25 Å². The van der Waals surface area contributed by atoms with E-state index in [1.165, 1.54) is 57.4 Å². The molecule has 31 heavy (non-hydrogen) atoms. The van der Waals surface area contributed by atoms with Gasteiger partial charge in [-0.25, -0.2) is 8.42 Å². The Morgan fingerprint density at radius 1 is 0.871 bits per heavy atom. The summed E-state index contributed by atoms with van der Waals surface area (Å²) in [6.45, 7) is 5.71. The van der Waals surface area contributed by atoms with Crippen LogP contribution in [0.3, 0.4) is 0 Å². The van der Waals surface area contributed by atoms with Crippen molar-refractivity contribution in [2.45, 2.75) is 102 Å². The first-order chi connectivity index (χ1) is 14.3. The van der Waals surface area contributed by atoms with Gasteiger partial charge in [0, 0.05) is 0 Å². The number of unbranched alkanes of at least 4 members (excludes halogenated alkanes) is 11. The van der Waals surface area contributed by atoms with Gasteiger partial charge in [0.25, 0.3) is 0 Å². The molecular formula is C22H39NaO7S. The fourth-order valence-electron chi connectivity index (χ4n) is 2.98. The summed E-state index contributed by atoms with van der Waals surface area (Å²) < 4.78 is 43.4. The Morgan fingerprint density at radius 2 is 1.35 bits per heavy atom. The fourth-order valence-corrected chi connectivity index (χ4v) is 3.62. The van der Waals surface area contributed by atoms with E-state index in [0.29, 0.717) is 12.8 Å². The summed E-state index contributed by atoms with van der Waals surface area (Å²) in [5.41, 5.74) is 0. The van der Waals surface area contributed by atoms with Crippen LogP contribution in [0.2, 0.25) is 0 Å². The van der Waals surface area contributed by atoms with Crippen LogP contribution in [0.15, 0.2) is 12.7 Å². The minimum absolute atomic E-state index is 0. The van der Waals surface area contributed by atoms with E-state index in [1.807, 2.05) is 0 Å². The van der Waals surface area contributed by atoms with Gasteiger partial charge in [0.1, 0.15) is 10.1 Å². The second kappa shape index (κ2) is 21.4. The molecule has 176 valence electrons.